The Kier molecular flexibility index (Phi) is 4.66. The first-order chi connectivity index (χ1) is 12.8. The highest BCUT2D eigenvalue weighted by atomic mass is 32.2. The molecule has 0 amide bonds. The number of carbonyl (C=O) groups excluding carboxylic acids is 1. The summed E-state index contributed by atoms with van der Waals surface area (Å²) in [5, 5.41) is 0. The van der Waals surface area contributed by atoms with Crippen molar-refractivity contribution in [1.82, 2.24) is 0 Å². The van der Waals surface area contributed by atoms with Gasteiger partial charge in [-0.2, -0.15) is 13.2 Å². The van der Waals surface area contributed by atoms with Crippen LogP contribution in [0.2, 0.25) is 0 Å². The number of hydrogen-bond donors (Lipinski definition) is 0. The molecule has 0 spiro atoms. The number of carbonyl (C=O) groups is 1. The largest absolute Gasteiger partial charge is 0.478 e. The van der Waals surface area contributed by atoms with Crippen LogP contribution in [0.15, 0.2) is 53.4 Å². The number of sulfone groups is 1. The van der Waals surface area contributed by atoms with Crippen LogP contribution < -0.4 is 0 Å². The maximum absolute atomic E-state index is 13.1. The number of rotatable bonds is 3. The van der Waals surface area contributed by atoms with Crippen molar-refractivity contribution in [2.45, 2.75) is 30.5 Å². The highest BCUT2D eigenvalue weighted by molar-refractivity contribution is 7.90. The highest BCUT2D eigenvalue weighted by Gasteiger charge is 2.43. The number of ether oxygens (including phenoxy) is 1. The van der Waals surface area contributed by atoms with E-state index < -0.39 is 33.0 Å². The molecule has 1 aliphatic heterocycles. The summed E-state index contributed by atoms with van der Waals surface area (Å²) in [6.45, 7) is 3.06. The third-order valence-corrected chi connectivity index (χ3v) is 5.51. The van der Waals surface area contributed by atoms with E-state index in [9.17, 15) is 26.4 Å². The molecule has 8 heteroatoms. The average molecular weight is 410 g/mol. The van der Waals surface area contributed by atoms with Crippen molar-refractivity contribution in [3.63, 3.8) is 0 Å². The van der Waals surface area contributed by atoms with Crippen molar-refractivity contribution >= 4 is 27.0 Å². The summed E-state index contributed by atoms with van der Waals surface area (Å²) in [6.07, 6.45) is -3.49. The molecular weight excluding hydrogens is 393 g/mol. The molecule has 148 valence electrons. The van der Waals surface area contributed by atoms with Gasteiger partial charge in [0.25, 0.3) is 0 Å². The second-order valence-corrected chi connectivity index (χ2v) is 9.04. The molecule has 0 bridgehead atoms. The van der Waals surface area contributed by atoms with Crippen LogP contribution in [0.4, 0.5) is 13.2 Å². The Labute approximate surface area is 160 Å². The number of benzene rings is 2. The summed E-state index contributed by atoms with van der Waals surface area (Å²) in [4.78, 5) is 12.9. The van der Waals surface area contributed by atoms with E-state index in [4.69, 9.17) is 4.74 Å². The first-order valence-corrected chi connectivity index (χ1v) is 10.2. The van der Waals surface area contributed by atoms with Gasteiger partial charge in [0.05, 0.1) is 16.0 Å². The molecule has 0 aromatic heterocycles. The second kappa shape index (κ2) is 6.48. The van der Waals surface area contributed by atoms with Crippen LogP contribution in [0.25, 0.3) is 11.3 Å². The van der Waals surface area contributed by atoms with Gasteiger partial charge in [-0.15, -0.1) is 0 Å². The van der Waals surface area contributed by atoms with Gasteiger partial charge in [0.15, 0.2) is 15.4 Å². The lowest BCUT2D eigenvalue weighted by Gasteiger charge is -2.18. The predicted molar refractivity (Wildman–Crippen MR) is 98.0 cm³/mol. The topological polar surface area (TPSA) is 60.4 Å². The number of Topliss-reactive ketones (excluding diaryl/α,β-unsaturated/α-hetero) is 1. The molecule has 0 atom stereocenters. The Bertz CT molecular complexity index is 1080. The number of hydrogen-bond acceptors (Lipinski definition) is 4. The standard InChI is InChI=1S/C20H17F3O4S/c1-19(2)18(24)16(13-5-4-6-14(11-13)20(21,22)23)17(27-19)12-7-9-15(10-8-12)28(3,25)26/h4-11H,1-3H3. The van der Waals surface area contributed by atoms with Crippen molar-refractivity contribution in [2.75, 3.05) is 6.26 Å². The van der Waals surface area contributed by atoms with Crippen molar-refractivity contribution in [2.24, 2.45) is 0 Å². The zero-order valence-electron chi connectivity index (χ0n) is 15.3. The Morgan fingerprint density at radius 3 is 2.11 bits per heavy atom. The van der Waals surface area contributed by atoms with Gasteiger partial charge < -0.3 is 4.74 Å². The van der Waals surface area contributed by atoms with Crippen molar-refractivity contribution in [3.05, 3.63) is 65.2 Å². The smallest absolute Gasteiger partial charge is 0.416 e. The second-order valence-electron chi connectivity index (χ2n) is 7.02. The summed E-state index contributed by atoms with van der Waals surface area (Å²) in [5.74, 6) is -0.330. The lowest BCUT2D eigenvalue weighted by atomic mass is 9.92. The molecule has 0 unspecified atom stereocenters. The van der Waals surface area contributed by atoms with E-state index in [1.54, 1.807) is 0 Å². The molecule has 0 aliphatic carbocycles. The van der Waals surface area contributed by atoms with Crippen molar-refractivity contribution < 1.29 is 31.1 Å². The van der Waals surface area contributed by atoms with Crippen LogP contribution in [0.3, 0.4) is 0 Å². The van der Waals surface area contributed by atoms with Gasteiger partial charge in [-0.25, -0.2) is 8.42 Å². The molecule has 2 aromatic carbocycles. The Morgan fingerprint density at radius 1 is 0.964 bits per heavy atom. The average Bonchev–Trinajstić information content (AvgIpc) is 2.83. The quantitative estimate of drug-likeness (QED) is 0.755. The van der Waals surface area contributed by atoms with Crippen molar-refractivity contribution in [3.8, 4) is 0 Å². The van der Waals surface area contributed by atoms with E-state index in [0.29, 0.717) is 5.56 Å². The van der Waals surface area contributed by atoms with E-state index in [1.807, 2.05) is 0 Å². The summed E-state index contributed by atoms with van der Waals surface area (Å²) < 4.78 is 68.3. The van der Waals surface area contributed by atoms with Gasteiger partial charge in [0.1, 0.15) is 5.76 Å². The zero-order chi connectivity index (χ0) is 20.9. The molecule has 0 saturated heterocycles. The molecule has 0 fully saturated rings. The lowest BCUT2D eigenvalue weighted by Crippen LogP contribution is -2.29. The minimum atomic E-state index is -4.55. The maximum Gasteiger partial charge on any atom is 0.416 e. The van der Waals surface area contributed by atoms with Gasteiger partial charge in [-0.05, 0) is 55.8 Å². The number of ketones is 1. The minimum Gasteiger partial charge on any atom is -0.478 e. The van der Waals surface area contributed by atoms with Gasteiger partial charge in [-0.3, -0.25) is 4.79 Å². The van der Waals surface area contributed by atoms with Crippen LogP contribution in [0, 0.1) is 0 Å². The number of alkyl halides is 3. The molecule has 0 saturated carbocycles. The lowest BCUT2D eigenvalue weighted by molar-refractivity contribution is -0.137. The van der Waals surface area contributed by atoms with E-state index in [1.165, 1.54) is 50.2 Å². The molecule has 3 rings (SSSR count). The molecule has 2 aromatic rings. The van der Waals surface area contributed by atoms with Crippen LogP contribution in [-0.2, 0) is 25.5 Å². The minimum absolute atomic E-state index is 0.0307. The normalized spacial score (nSPS) is 17.0. The molecule has 1 aliphatic rings. The molecule has 4 nitrogen and oxygen atoms in total. The molecular formula is C20H17F3O4S. The maximum atomic E-state index is 13.1. The SMILES string of the molecule is CC1(C)OC(c2ccc(S(C)(=O)=O)cc2)=C(c2cccc(C(F)(F)F)c2)C1=O. The molecule has 28 heavy (non-hydrogen) atoms. The zero-order valence-corrected chi connectivity index (χ0v) is 16.1. The monoisotopic (exact) mass is 410 g/mol. The van der Waals surface area contributed by atoms with Gasteiger partial charge in [0.2, 0.25) is 5.78 Å². The Hall–Kier alpha value is -2.61. The van der Waals surface area contributed by atoms with E-state index in [2.05, 4.69) is 0 Å². The van der Waals surface area contributed by atoms with Gasteiger partial charge >= 0.3 is 6.18 Å². The third-order valence-electron chi connectivity index (χ3n) is 4.38. The van der Waals surface area contributed by atoms with E-state index in [-0.39, 0.29) is 21.8 Å². The Balaban J connectivity index is 2.18. The van der Waals surface area contributed by atoms with Gasteiger partial charge in [-0.1, -0.05) is 12.1 Å². The number of halogens is 3. The van der Waals surface area contributed by atoms with E-state index >= 15 is 0 Å². The fraction of sp³-hybridized carbons (Fsp3) is 0.250. The summed E-state index contributed by atoms with van der Waals surface area (Å²) in [6, 6.07) is 10.1. The van der Waals surface area contributed by atoms with Crippen LogP contribution >= 0.6 is 0 Å². The van der Waals surface area contributed by atoms with Crippen LogP contribution in [0.1, 0.15) is 30.5 Å². The first kappa shape index (κ1) is 20.1. The summed E-state index contributed by atoms with van der Waals surface area (Å²) >= 11 is 0. The molecule has 0 radical (unpaired) electrons. The fourth-order valence-electron chi connectivity index (χ4n) is 2.93. The fourth-order valence-corrected chi connectivity index (χ4v) is 3.56. The Morgan fingerprint density at radius 2 is 1.57 bits per heavy atom. The summed E-state index contributed by atoms with van der Waals surface area (Å²) in [5.41, 5.74) is -1.61. The predicted octanol–water partition coefficient (Wildman–Crippen LogP) is 4.36. The van der Waals surface area contributed by atoms with Crippen molar-refractivity contribution in [1.29, 1.82) is 0 Å². The first-order valence-electron chi connectivity index (χ1n) is 8.27. The van der Waals surface area contributed by atoms with E-state index in [0.717, 1.165) is 18.4 Å². The summed E-state index contributed by atoms with van der Waals surface area (Å²) in [7, 11) is -3.41. The van der Waals surface area contributed by atoms with Gasteiger partial charge in [0, 0.05) is 11.8 Å². The van der Waals surface area contributed by atoms with Crippen LogP contribution in [0.5, 0.6) is 0 Å². The highest BCUT2D eigenvalue weighted by Crippen LogP contribution is 2.42. The molecule has 1 heterocycles. The third kappa shape index (κ3) is 3.69. The molecule has 0 N–H and O–H groups in total. The van der Waals surface area contributed by atoms with Crippen LogP contribution in [-0.4, -0.2) is 26.1 Å².